The van der Waals surface area contributed by atoms with Crippen molar-refractivity contribution in [3.63, 3.8) is 0 Å². The van der Waals surface area contributed by atoms with Crippen LogP contribution in [0.2, 0.25) is 0 Å². The zero-order valence-electron chi connectivity index (χ0n) is 10.8. The SMILES string of the molecule is CCC(C)NC(=O)CN(C)C1CCNCC1. The summed E-state index contributed by atoms with van der Waals surface area (Å²) in [5.41, 5.74) is 0. The van der Waals surface area contributed by atoms with Crippen molar-refractivity contribution in [2.45, 2.75) is 45.2 Å². The maximum Gasteiger partial charge on any atom is 0.234 e. The number of rotatable bonds is 5. The van der Waals surface area contributed by atoms with Gasteiger partial charge in [-0.05, 0) is 46.3 Å². The molecular weight excluding hydrogens is 202 g/mol. The Morgan fingerprint density at radius 3 is 2.69 bits per heavy atom. The molecule has 1 unspecified atom stereocenters. The molecule has 1 aliphatic heterocycles. The average molecular weight is 227 g/mol. The van der Waals surface area contributed by atoms with Gasteiger partial charge in [-0.2, -0.15) is 0 Å². The van der Waals surface area contributed by atoms with Crippen molar-refractivity contribution in [2.75, 3.05) is 26.7 Å². The summed E-state index contributed by atoms with van der Waals surface area (Å²) >= 11 is 0. The van der Waals surface area contributed by atoms with Crippen LogP contribution < -0.4 is 10.6 Å². The lowest BCUT2D eigenvalue weighted by Gasteiger charge is -2.31. The van der Waals surface area contributed by atoms with Crippen LogP contribution >= 0.6 is 0 Å². The van der Waals surface area contributed by atoms with Crippen molar-refractivity contribution in [3.05, 3.63) is 0 Å². The van der Waals surface area contributed by atoms with E-state index >= 15 is 0 Å². The smallest absolute Gasteiger partial charge is 0.234 e. The molecule has 4 nitrogen and oxygen atoms in total. The Balaban J connectivity index is 2.26. The molecule has 0 spiro atoms. The highest BCUT2D eigenvalue weighted by Crippen LogP contribution is 2.09. The number of carbonyl (C=O) groups is 1. The van der Waals surface area contributed by atoms with E-state index in [1.54, 1.807) is 0 Å². The highest BCUT2D eigenvalue weighted by molar-refractivity contribution is 5.78. The molecule has 1 rings (SSSR count). The standard InChI is InChI=1S/C12H25N3O/c1-4-10(2)14-12(16)9-15(3)11-5-7-13-8-6-11/h10-11,13H,4-9H2,1-3H3,(H,14,16). The van der Waals surface area contributed by atoms with Crippen molar-refractivity contribution in [3.8, 4) is 0 Å². The second-order valence-corrected chi connectivity index (χ2v) is 4.77. The molecule has 1 fully saturated rings. The van der Waals surface area contributed by atoms with Gasteiger partial charge in [-0.25, -0.2) is 0 Å². The predicted molar refractivity (Wildman–Crippen MR) is 66.4 cm³/mol. The molecule has 1 amide bonds. The van der Waals surface area contributed by atoms with Gasteiger partial charge >= 0.3 is 0 Å². The van der Waals surface area contributed by atoms with Crippen molar-refractivity contribution < 1.29 is 4.79 Å². The van der Waals surface area contributed by atoms with Crippen molar-refractivity contribution in [2.24, 2.45) is 0 Å². The van der Waals surface area contributed by atoms with E-state index in [1.807, 2.05) is 14.0 Å². The maximum atomic E-state index is 11.7. The molecule has 4 heteroatoms. The zero-order chi connectivity index (χ0) is 12.0. The van der Waals surface area contributed by atoms with Crippen LogP contribution in [0.25, 0.3) is 0 Å². The van der Waals surface area contributed by atoms with Crippen molar-refractivity contribution >= 4 is 5.91 Å². The fourth-order valence-corrected chi connectivity index (χ4v) is 2.03. The van der Waals surface area contributed by atoms with E-state index in [2.05, 4.69) is 22.5 Å². The van der Waals surface area contributed by atoms with Gasteiger partial charge in [0.2, 0.25) is 5.91 Å². The van der Waals surface area contributed by atoms with Gasteiger partial charge in [-0.3, -0.25) is 9.69 Å². The van der Waals surface area contributed by atoms with Gasteiger partial charge in [0.25, 0.3) is 0 Å². The molecule has 1 heterocycles. The van der Waals surface area contributed by atoms with Gasteiger partial charge in [0.05, 0.1) is 6.54 Å². The number of carbonyl (C=O) groups excluding carboxylic acids is 1. The summed E-state index contributed by atoms with van der Waals surface area (Å²) < 4.78 is 0. The normalized spacial score (nSPS) is 19.8. The first-order valence-electron chi connectivity index (χ1n) is 6.33. The molecule has 1 aliphatic rings. The Hall–Kier alpha value is -0.610. The van der Waals surface area contributed by atoms with E-state index in [0.717, 1.165) is 32.4 Å². The second kappa shape index (κ2) is 6.86. The van der Waals surface area contributed by atoms with Crippen LogP contribution in [0.1, 0.15) is 33.1 Å². The van der Waals surface area contributed by atoms with E-state index in [0.29, 0.717) is 12.6 Å². The highest BCUT2D eigenvalue weighted by Gasteiger charge is 2.19. The Morgan fingerprint density at radius 1 is 1.50 bits per heavy atom. The third-order valence-electron chi connectivity index (χ3n) is 3.34. The number of piperidine rings is 1. The average Bonchev–Trinajstić information content (AvgIpc) is 2.29. The number of hydrogen-bond donors (Lipinski definition) is 2. The summed E-state index contributed by atoms with van der Waals surface area (Å²) in [5, 5.41) is 6.34. The van der Waals surface area contributed by atoms with Crippen molar-refractivity contribution in [1.29, 1.82) is 0 Å². The van der Waals surface area contributed by atoms with Gasteiger partial charge < -0.3 is 10.6 Å². The molecule has 16 heavy (non-hydrogen) atoms. The van der Waals surface area contributed by atoms with Crippen LogP contribution in [0.15, 0.2) is 0 Å². The molecule has 0 aromatic heterocycles. The number of amides is 1. The number of hydrogen-bond acceptors (Lipinski definition) is 3. The van der Waals surface area contributed by atoms with Crippen molar-refractivity contribution in [1.82, 2.24) is 15.5 Å². The topological polar surface area (TPSA) is 44.4 Å². The minimum Gasteiger partial charge on any atom is -0.353 e. The van der Waals surface area contributed by atoms with Gasteiger partial charge in [-0.15, -0.1) is 0 Å². The van der Waals surface area contributed by atoms with E-state index < -0.39 is 0 Å². The monoisotopic (exact) mass is 227 g/mol. The Bertz CT molecular complexity index is 214. The molecule has 2 N–H and O–H groups in total. The van der Waals surface area contributed by atoms with Crippen LogP contribution in [0.5, 0.6) is 0 Å². The molecule has 1 atom stereocenters. The fraction of sp³-hybridized carbons (Fsp3) is 0.917. The minimum absolute atomic E-state index is 0.149. The van der Waals surface area contributed by atoms with E-state index in [4.69, 9.17) is 0 Å². The molecule has 1 saturated heterocycles. The molecule has 0 aliphatic carbocycles. The molecule has 0 radical (unpaired) electrons. The summed E-state index contributed by atoms with van der Waals surface area (Å²) in [5.74, 6) is 0.149. The highest BCUT2D eigenvalue weighted by atomic mass is 16.2. The van der Waals surface area contributed by atoms with E-state index in [-0.39, 0.29) is 11.9 Å². The Morgan fingerprint density at radius 2 is 2.12 bits per heavy atom. The molecule has 0 saturated carbocycles. The van der Waals surface area contributed by atoms with Crippen LogP contribution in [-0.2, 0) is 4.79 Å². The van der Waals surface area contributed by atoms with Gasteiger partial charge in [0.1, 0.15) is 0 Å². The quantitative estimate of drug-likeness (QED) is 0.722. The van der Waals surface area contributed by atoms with Crippen LogP contribution in [0.4, 0.5) is 0 Å². The van der Waals surface area contributed by atoms with E-state index in [9.17, 15) is 4.79 Å². The third-order valence-corrected chi connectivity index (χ3v) is 3.34. The first-order valence-corrected chi connectivity index (χ1v) is 6.33. The summed E-state index contributed by atoms with van der Waals surface area (Å²) in [6.07, 6.45) is 3.28. The van der Waals surface area contributed by atoms with Crippen LogP contribution in [0, 0.1) is 0 Å². The molecule has 0 bridgehead atoms. The molecule has 0 aromatic carbocycles. The molecule has 94 valence electrons. The Kier molecular flexibility index (Phi) is 5.77. The number of nitrogens with one attached hydrogen (secondary N) is 2. The maximum absolute atomic E-state index is 11.7. The first-order chi connectivity index (χ1) is 7.63. The summed E-state index contributed by atoms with van der Waals surface area (Å²) in [6, 6.07) is 0.845. The van der Waals surface area contributed by atoms with Crippen LogP contribution in [-0.4, -0.2) is 49.6 Å². The number of likely N-dealkylation sites (N-methyl/N-ethyl adjacent to an activating group) is 1. The first kappa shape index (κ1) is 13.5. The van der Waals surface area contributed by atoms with E-state index in [1.165, 1.54) is 0 Å². The number of nitrogens with zero attached hydrogens (tertiary/aromatic N) is 1. The Labute approximate surface area is 98.8 Å². The largest absolute Gasteiger partial charge is 0.353 e. The van der Waals surface area contributed by atoms with Crippen LogP contribution in [0.3, 0.4) is 0 Å². The van der Waals surface area contributed by atoms with Gasteiger partial charge in [0, 0.05) is 12.1 Å². The third kappa shape index (κ3) is 4.49. The van der Waals surface area contributed by atoms with Gasteiger partial charge in [0.15, 0.2) is 0 Å². The summed E-state index contributed by atoms with van der Waals surface area (Å²) in [7, 11) is 2.05. The van der Waals surface area contributed by atoms with Gasteiger partial charge in [-0.1, -0.05) is 6.92 Å². The minimum atomic E-state index is 0.149. The zero-order valence-corrected chi connectivity index (χ0v) is 10.8. The second-order valence-electron chi connectivity index (χ2n) is 4.77. The summed E-state index contributed by atoms with van der Waals surface area (Å²) in [4.78, 5) is 13.9. The molecule has 0 aromatic rings. The lowest BCUT2D eigenvalue weighted by atomic mass is 10.1. The molecular formula is C12H25N3O. The lowest BCUT2D eigenvalue weighted by Crippen LogP contribution is -2.46. The summed E-state index contributed by atoms with van der Waals surface area (Å²) in [6.45, 7) is 6.79. The predicted octanol–water partition coefficient (Wildman–Crippen LogP) is 0.585. The lowest BCUT2D eigenvalue weighted by molar-refractivity contribution is -0.123. The fourth-order valence-electron chi connectivity index (χ4n) is 2.03.